The van der Waals surface area contributed by atoms with E-state index in [-0.39, 0.29) is 18.3 Å². The van der Waals surface area contributed by atoms with Gasteiger partial charge in [0.05, 0.1) is 5.69 Å². The summed E-state index contributed by atoms with van der Waals surface area (Å²) in [5, 5.41) is 15.8. The van der Waals surface area contributed by atoms with Crippen molar-refractivity contribution in [3.8, 4) is 5.69 Å². The largest absolute Gasteiger partial charge is 0.396 e. The van der Waals surface area contributed by atoms with Crippen LogP contribution in [0.3, 0.4) is 0 Å². The number of para-hydroxylation sites is 1. The quantitative estimate of drug-likeness (QED) is 0.844. The third-order valence-corrected chi connectivity index (χ3v) is 3.50. The van der Waals surface area contributed by atoms with Crippen LogP contribution < -0.4 is 10.7 Å². The van der Waals surface area contributed by atoms with Crippen LogP contribution in [0, 0.1) is 6.92 Å². The van der Waals surface area contributed by atoms with Crippen molar-refractivity contribution in [2.24, 2.45) is 0 Å². The van der Waals surface area contributed by atoms with Gasteiger partial charge in [-0.3, -0.25) is 9.59 Å². The fourth-order valence-corrected chi connectivity index (χ4v) is 2.30. The van der Waals surface area contributed by atoms with Crippen molar-refractivity contribution in [2.45, 2.75) is 32.7 Å². The van der Waals surface area contributed by atoms with E-state index < -0.39 is 11.3 Å². The Labute approximate surface area is 134 Å². The van der Waals surface area contributed by atoms with Crippen LogP contribution in [0.5, 0.6) is 0 Å². The number of amides is 1. The summed E-state index contributed by atoms with van der Waals surface area (Å²) in [6, 6.07) is 10.6. The summed E-state index contributed by atoms with van der Waals surface area (Å²) >= 11 is 0. The summed E-state index contributed by atoms with van der Waals surface area (Å²) in [5.41, 5.74) is 0.912. The molecule has 1 aromatic carbocycles. The number of nitrogens with one attached hydrogen (secondary N) is 1. The minimum Gasteiger partial charge on any atom is -0.396 e. The molecule has 0 fully saturated rings. The highest BCUT2D eigenvalue weighted by Gasteiger charge is 2.17. The number of rotatable bonds is 6. The molecule has 122 valence electrons. The molecule has 2 aromatic rings. The summed E-state index contributed by atoms with van der Waals surface area (Å²) in [6.45, 7) is 3.67. The van der Waals surface area contributed by atoms with E-state index in [0.29, 0.717) is 18.5 Å². The average Bonchev–Trinajstić information content (AvgIpc) is 2.53. The zero-order chi connectivity index (χ0) is 16.8. The molecular formula is C17H21N3O3. The Morgan fingerprint density at radius 3 is 2.70 bits per heavy atom. The highest BCUT2D eigenvalue weighted by molar-refractivity contribution is 5.92. The summed E-state index contributed by atoms with van der Waals surface area (Å²) in [5.74, 6) is -0.495. The fourth-order valence-electron chi connectivity index (χ4n) is 2.30. The van der Waals surface area contributed by atoms with Crippen molar-refractivity contribution in [1.29, 1.82) is 0 Å². The molecule has 1 atom stereocenters. The maximum atomic E-state index is 12.3. The molecule has 0 saturated carbocycles. The second kappa shape index (κ2) is 7.69. The molecule has 2 N–H and O–H groups in total. The van der Waals surface area contributed by atoms with Gasteiger partial charge < -0.3 is 10.4 Å². The second-order valence-corrected chi connectivity index (χ2v) is 5.49. The van der Waals surface area contributed by atoms with Gasteiger partial charge >= 0.3 is 0 Å². The number of carbonyl (C=O) groups excluding carboxylic acids is 1. The Morgan fingerprint density at radius 2 is 2.04 bits per heavy atom. The van der Waals surface area contributed by atoms with Gasteiger partial charge in [0.15, 0.2) is 5.69 Å². The molecule has 6 nitrogen and oxygen atoms in total. The maximum Gasteiger partial charge on any atom is 0.276 e. The van der Waals surface area contributed by atoms with Gasteiger partial charge in [0.1, 0.15) is 0 Å². The standard InChI is InChI=1S/C17H21N3O3/c1-12(7-6-10-21)18-17(23)16-15(22)11-13(2)20(19-16)14-8-4-3-5-9-14/h3-5,8-9,11-12,21H,6-7,10H2,1-2H3,(H,18,23). The molecule has 1 amide bonds. The molecule has 0 spiro atoms. The Morgan fingerprint density at radius 1 is 1.35 bits per heavy atom. The van der Waals surface area contributed by atoms with Gasteiger partial charge in [0, 0.05) is 24.4 Å². The number of nitrogens with zero attached hydrogens (tertiary/aromatic N) is 2. The Hall–Kier alpha value is -2.47. The first-order valence-electron chi connectivity index (χ1n) is 7.61. The first kappa shape index (κ1) is 16.9. The molecule has 1 unspecified atom stereocenters. The number of benzene rings is 1. The van der Waals surface area contributed by atoms with E-state index in [1.54, 1.807) is 11.6 Å². The minimum atomic E-state index is -0.495. The van der Waals surface area contributed by atoms with Gasteiger partial charge in [0.2, 0.25) is 5.43 Å². The SMILES string of the molecule is Cc1cc(=O)c(C(=O)NC(C)CCCO)nn1-c1ccccc1. The van der Waals surface area contributed by atoms with Gasteiger partial charge in [-0.2, -0.15) is 5.10 Å². The molecule has 1 heterocycles. The lowest BCUT2D eigenvalue weighted by molar-refractivity contribution is 0.0928. The lowest BCUT2D eigenvalue weighted by Gasteiger charge is -2.14. The molecule has 23 heavy (non-hydrogen) atoms. The molecule has 2 rings (SSSR count). The van der Waals surface area contributed by atoms with Gasteiger partial charge in [-0.1, -0.05) is 18.2 Å². The lowest BCUT2D eigenvalue weighted by Crippen LogP contribution is -2.37. The van der Waals surface area contributed by atoms with Crippen molar-refractivity contribution in [1.82, 2.24) is 15.1 Å². The van der Waals surface area contributed by atoms with Crippen molar-refractivity contribution in [3.63, 3.8) is 0 Å². The number of carbonyl (C=O) groups is 1. The molecule has 0 aliphatic rings. The summed E-state index contributed by atoms with van der Waals surface area (Å²) in [6.07, 6.45) is 1.23. The van der Waals surface area contributed by atoms with E-state index in [4.69, 9.17) is 5.11 Å². The number of hydrogen-bond acceptors (Lipinski definition) is 4. The predicted molar refractivity (Wildman–Crippen MR) is 87.8 cm³/mol. The van der Waals surface area contributed by atoms with Crippen LogP contribution in [0.1, 0.15) is 35.9 Å². The van der Waals surface area contributed by atoms with Crippen LogP contribution in [0.25, 0.3) is 5.69 Å². The number of aromatic nitrogens is 2. The molecule has 1 aromatic heterocycles. The Bertz CT molecular complexity index is 726. The molecule has 6 heteroatoms. The van der Waals surface area contributed by atoms with E-state index >= 15 is 0 Å². The molecule has 0 aliphatic carbocycles. The van der Waals surface area contributed by atoms with Gasteiger partial charge in [-0.25, -0.2) is 4.68 Å². The van der Waals surface area contributed by atoms with E-state index in [9.17, 15) is 9.59 Å². The molecule has 0 saturated heterocycles. The molecule has 0 bridgehead atoms. The molecule has 0 aliphatic heterocycles. The normalized spacial score (nSPS) is 12.0. The van der Waals surface area contributed by atoms with E-state index in [1.165, 1.54) is 6.07 Å². The van der Waals surface area contributed by atoms with E-state index in [1.807, 2.05) is 37.3 Å². The number of aliphatic hydroxyl groups excluding tert-OH is 1. The first-order valence-corrected chi connectivity index (χ1v) is 7.61. The zero-order valence-corrected chi connectivity index (χ0v) is 13.3. The van der Waals surface area contributed by atoms with Crippen molar-refractivity contribution in [3.05, 3.63) is 58.0 Å². The van der Waals surface area contributed by atoms with Crippen LogP contribution in [0.4, 0.5) is 0 Å². The third-order valence-electron chi connectivity index (χ3n) is 3.50. The number of aryl methyl sites for hydroxylation is 1. The van der Waals surface area contributed by atoms with Crippen LogP contribution in [0.15, 0.2) is 41.2 Å². The second-order valence-electron chi connectivity index (χ2n) is 5.49. The van der Waals surface area contributed by atoms with Gasteiger partial charge in [-0.05, 0) is 38.8 Å². The maximum absolute atomic E-state index is 12.3. The first-order chi connectivity index (χ1) is 11.0. The zero-order valence-electron chi connectivity index (χ0n) is 13.3. The lowest BCUT2D eigenvalue weighted by atomic mass is 10.2. The monoisotopic (exact) mass is 315 g/mol. The smallest absolute Gasteiger partial charge is 0.276 e. The summed E-state index contributed by atoms with van der Waals surface area (Å²) < 4.78 is 1.58. The number of aliphatic hydroxyl groups is 1. The molecular weight excluding hydrogens is 294 g/mol. The van der Waals surface area contributed by atoms with Gasteiger partial charge in [-0.15, -0.1) is 0 Å². The topological polar surface area (TPSA) is 84.2 Å². The summed E-state index contributed by atoms with van der Waals surface area (Å²) in [4.78, 5) is 24.4. The minimum absolute atomic E-state index is 0.0732. The average molecular weight is 315 g/mol. The van der Waals surface area contributed by atoms with Crippen LogP contribution in [0.2, 0.25) is 0 Å². The van der Waals surface area contributed by atoms with Gasteiger partial charge in [0.25, 0.3) is 5.91 Å². The van der Waals surface area contributed by atoms with Crippen LogP contribution in [-0.4, -0.2) is 33.4 Å². The van der Waals surface area contributed by atoms with E-state index in [0.717, 1.165) is 5.69 Å². The highest BCUT2D eigenvalue weighted by Crippen LogP contribution is 2.08. The van der Waals surface area contributed by atoms with Crippen LogP contribution in [-0.2, 0) is 0 Å². The van der Waals surface area contributed by atoms with Crippen molar-refractivity contribution in [2.75, 3.05) is 6.61 Å². The van der Waals surface area contributed by atoms with Crippen LogP contribution >= 0.6 is 0 Å². The number of hydrogen-bond donors (Lipinski definition) is 2. The fraction of sp³-hybridized carbons (Fsp3) is 0.353. The Balaban J connectivity index is 2.29. The van der Waals surface area contributed by atoms with Crippen molar-refractivity contribution >= 4 is 5.91 Å². The summed E-state index contributed by atoms with van der Waals surface area (Å²) in [7, 11) is 0. The predicted octanol–water partition coefficient (Wildman–Crippen LogP) is 1.43. The van der Waals surface area contributed by atoms with E-state index in [2.05, 4.69) is 10.4 Å². The molecule has 0 radical (unpaired) electrons. The Kier molecular flexibility index (Phi) is 5.65. The highest BCUT2D eigenvalue weighted by atomic mass is 16.3. The third kappa shape index (κ3) is 4.26. The van der Waals surface area contributed by atoms with Crippen molar-refractivity contribution < 1.29 is 9.90 Å².